The van der Waals surface area contributed by atoms with E-state index in [1.165, 1.54) is 12.1 Å². The molecule has 0 spiro atoms. The quantitative estimate of drug-likeness (QED) is 0.403. The molecule has 1 N–H and O–H groups in total. The molecule has 0 saturated carbocycles. The van der Waals surface area contributed by atoms with Gasteiger partial charge in [0.1, 0.15) is 5.75 Å². The second-order valence-corrected chi connectivity index (χ2v) is 7.52. The number of anilines is 1. The molecule has 32 heavy (non-hydrogen) atoms. The van der Waals surface area contributed by atoms with Gasteiger partial charge in [-0.2, -0.15) is 26.3 Å². The van der Waals surface area contributed by atoms with Gasteiger partial charge >= 0.3 is 12.4 Å². The molecule has 0 atom stereocenters. The average molecular weight is 463 g/mol. The Kier molecular flexibility index (Phi) is 8.45. The van der Waals surface area contributed by atoms with Crippen molar-refractivity contribution in [1.82, 2.24) is 0 Å². The first-order valence-corrected chi connectivity index (χ1v) is 10.4. The van der Waals surface area contributed by atoms with E-state index in [0.717, 1.165) is 24.8 Å². The van der Waals surface area contributed by atoms with Gasteiger partial charge in [-0.1, -0.05) is 44.5 Å². The van der Waals surface area contributed by atoms with Gasteiger partial charge in [0, 0.05) is 24.3 Å². The lowest BCUT2D eigenvalue weighted by Crippen LogP contribution is -2.53. The Hall–Kier alpha value is -2.42. The highest BCUT2D eigenvalue weighted by atomic mass is 19.4. The minimum absolute atomic E-state index is 0.394. The lowest BCUT2D eigenvalue weighted by Gasteiger charge is -2.33. The zero-order valence-electron chi connectivity index (χ0n) is 17.9. The molecule has 0 unspecified atom stereocenters. The summed E-state index contributed by atoms with van der Waals surface area (Å²) in [4.78, 5) is 1.87. The molecule has 2 aromatic carbocycles. The Morgan fingerprint density at radius 2 is 1.50 bits per heavy atom. The van der Waals surface area contributed by atoms with Gasteiger partial charge in [0.05, 0.1) is 6.61 Å². The number of aliphatic hydroxyl groups is 1. The van der Waals surface area contributed by atoms with Gasteiger partial charge in [-0.3, -0.25) is 0 Å². The van der Waals surface area contributed by atoms with Crippen LogP contribution in [-0.2, 0) is 12.1 Å². The molecule has 0 fully saturated rings. The molecular weight excluding hydrogens is 436 g/mol. The Balaban J connectivity index is 2.33. The molecule has 9 heteroatoms. The Bertz CT molecular complexity index is 835. The SMILES string of the molecule is CCCCN(Cc1cccc(OCCC)c1)c1ccc(C(O)(C(F)(F)F)C(F)(F)F)cc1. The van der Waals surface area contributed by atoms with E-state index in [0.29, 0.717) is 43.3 Å². The maximum Gasteiger partial charge on any atom is 0.430 e. The zero-order valence-corrected chi connectivity index (χ0v) is 17.9. The minimum atomic E-state index is -5.91. The first-order chi connectivity index (χ1) is 14.9. The van der Waals surface area contributed by atoms with Crippen molar-refractivity contribution >= 4 is 5.69 Å². The molecule has 0 aromatic heterocycles. The number of rotatable bonds is 10. The van der Waals surface area contributed by atoms with Crippen molar-refractivity contribution in [2.24, 2.45) is 0 Å². The molecule has 0 amide bonds. The topological polar surface area (TPSA) is 32.7 Å². The average Bonchev–Trinajstić information content (AvgIpc) is 2.73. The van der Waals surface area contributed by atoms with Gasteiger partial charge in [0.15, 0.2) is 0 Å². The third kappa shape index (κ3) is 5.88. The first kappa shape index (κ1) is 25.8. The van der Waals surface area contributed by atoms with Gasteiger partial charge in [0.25, 0.3) is 5.60 Å². The third-order valence-corrected chi connectivity index (χ3v) is 5.00. The number of ether oxygens (including phenoxy) is 1. The van der Waals surface area contributed by atoms with E-state index >= 15 is 0 Å². The second kappa shape index (κ2) is 10.5. The van der Waals surface area contributed by atoms with Crippen molar-refractivity contribution < 1.29 is 36.2 Å². The molecule has 0 aliphatic carbocycles. The van der Waals surface area contributed by atoms with Crippen LogP contribution in [0.4, 0.5) is 32.0 Å². The van der Waals surface area contributed by atoms with Gasteiger partial charge in [-0.05, 0) is 42.7 Å². The third-order valence-electron chi connectivity index (χ3n) is 5.00. The Labute approximate surface area is 183 Å². The fourth-order valence-electron chi connectivity index (χ4n) is 3.22. The summed E-state index contributed by atoms with van der Waals surface area (Å²) in [5.74, 6) is 0.690. The number of alkyl halides is 6. The van der Waals surface area contributed by atoms with Crippen molar-refractivity contribution in [3.8, 4) is 5.75 Å². The zero-order chi connectivity index (χ0) is 24.0. The largest absolute Gasteiger partial charge is 0.494 e. The number of nitrogens with zero attached hydrogens (tertiary/aromatic N) is 1. The maximum absolute atomic E-state index is 13.1. The van der Waals surface area contributed by atoms with Crippen molar-refractivity contribution in [2.75, 3.05) is 18.1 Å². The van der Waals surface area contributed by atoms with Crippen LogP contribution in [0.3, 0.4) is 0 Å². The highest BCUT2D eigenvalue weighted by Crippen LogP contribution is 2.50. The van der Waals surface area contributed by atoms with Crippen molar-refractivity contribution in [3.63, 3.8) is 0 Å². The van der Waals surface area contributed by atoms with Crippen LogP contribution in [0.1, 0.15) is 44.2 Å². The summed E-state index contributed by atoms with van der Waals surface area (Å²) in [7, 11) is 0. The summed E-state index contributed by atoms with van der Waals surface area (Å²) in [5.41, 5.74) is -4.86. The van der Waals surface area contributed by atoms with Crippen LogP contribution in [0.5, 0.6) is 5.75 Å². The monoisotopic (exact) mass is 463 g/mol. The minimum Gasteiger partial charge on any atom is -0.494 e. The number of hydrogen-bond donors (Lipinski definition) is 1. The molecule has 0 radical (unpaired) electrons. The van der Waals surface area contributed by atoms with Gasteiger partial charge in [0.2, 0.25) is 0 Å². The Morgan fingerprint density at radius 3 is 2.03 bits per heavy atom. The van der Waals surface area contributed by atoms with Crippen LogP contribution < -0.4 is 9.64 Å². The van der Waals surface area contributed by atoms with E-state index in [1.807, 2.05) is 43.0 Å². The van der Waals surface area contributed by atoms with E-state index in [9.17, 15) is 31.4 Å². The predicted octanol–water partition coefficient (Wildman–Crippen LogP) is 6.59. The normalized spacial score (nSPS) is 12.7. The van der Waals surface area contributed by atoms with E-state index in [-0.39, 0.29) is 0 Å². The summed E-state index contributed by atoms with van der Waals surface area (Å²) in [5, 5.41) is 9.59. The van der Waals surface area contributed by atoms with E-state index in [1.54, 1.807) is 0 Å². The smallest absolute Gasteiger partial charge is 0.430 e. The molecular formula is C23H27F6NO2. The predicted molar refractivity (Wildman–Crippen MR) is 111 cm³/mol. The summed E-state index contributed by atoms with van der Waals surface area (Å²) in [6.07, 6.45) is -9.33. The van der Waals surface area contributed by atoms with Crippen LogP contribution in [0.2, 0.25) is 0 Å². The lowest BCUT2D eigenvalue weighted by atomic mass is 9.92. The first-order valence-electron chi connectivity index (χ1n) is 10.4. The molecule has 0 bridgehead atoms. The molecule has 2 rings (SSSR count). The molecule has 0 aliphatic heterocycles. The van der Waals surface area contributed by atoms with Crippen LogP contribution in [-0.4, -0.2) is 30.6 Å². The second-order valence-electron chi connectivity index (χ2n) is 7.52. The highest BCUT2D eigenvalue weighted by molar-refractivity contribution is 5.50. The summed E-state index contributed by atoms with van der Waals surface area (Å²) in [6, 6.07) is 11.1. The summed E-state index contributed by atoms with van der Waals surface area (Å²) < 4.78 is 84.4. The molecule has 2 aromatic rings. The van der Waals surface area contributed by atoms with E-state index in [2.05, 4.69) is 0 Å². The van der Waals surface area contributed by atoms with Gasteiger partial charge in [-0.25, -0.2) is 0 Å². The lowest BCUT2D eigenvalue weighted by molar-refractivity contribution is -0.376. The molecule has 3 nitrogen and oxygen atoms in total. The maximum atomic E-state index is 13.1. The molecule has 0 heterocycles. The molecule has 0 saturated heterocycles. The van der Waals surface area contributed by atoms with Gasteiger partial charge in [-0.15, -0.1) is 0 Å². The van der Waals surface area contributed by atoms with Crippen LogP contribution in [0.15, 0.2) is 48.5 Å². The number of hydrogen-bond acceptors (Lipinski definition) is 3. The van der Waals surface area contributed by atoms with Crippen molar-refractivity contribution in [3.05, 3.63) is 59.7 Å². The summed E-state index contributed by atoms with van der Waals surface area (Å²) in [6.45, 7) is 5.47. The number of benzene rings is 2. The molecule has 0 aliphatic rings. The highest BCUT2D eigenvalue weighted by Gasteiger charge is 2.71. The van der Waals surface area contributed by atoms with Crippen LogP contribution in [0.25, 0.3) is 0 Å². The molecule has 178 valence electrons. The van der Waals surface area contributed by atoms with Crippen molar-refractivity contribution in [2.45, 2.75) is 57.6 Å². The fourth-order valence-corrected chi connectivity index (χ4v) is 3.22. The number of unbranched alkanes of at least 4 members (excludes halogenated alkanes) is 1. The summed E-state index contributed by atoms with van der Waals surface area (Å²) >= 11 is 0. The fraction of sp³-hybridized carbons (Fsp3) is 0.478. The van der Waals surface area contributed by atoms with E-state index < -0.39 is 23.5 Å². The van der Waals surface area contributed by atoms with Gasteiger partial charge < -0.3 is 14.7 Å². The van der Waals surface area contributed by atoms with Crippen LogP contribution in [0, 0.1) is 0 Å². The van der Waals surface area contributed by atoms with E-state index in [4.69, 9.17) is 4.74 Å². The Morgan fingerprint density at radius 1 is 0.875 bits per heavy atom. The number of halogens is 6. The standard InChI is InChI=1S/C23H27F6NO2/c1-3-5-13-30(16-17-7-6-8-20(15-17)32-14-4-2)19-11-9-18(10-12-19)21(31,22(24,25)26)23(27,28)29/h6-12,15,31H,3-5,13-14,16H2,1-2H3. The van der Waals surface area contributed by atoms with Crippen LogP contribution >= 0.6 is 0 Å². The van der Waals surface area contributed by atoms with Crippen molar-refractivity contribution in [1.29, 1.82) is 0 Å².